The Morgan fingerprint density at radius 2 is 2.00 bits per heavy atom. The lowest BCUT2D eigenvalue weighted by molar-refractivity contribution is 0.0355. The predicted molar refractivity (Wildman–Crippen MR) is 105 cm³/mol. The zero-order valence-corrected chi connectivity index (χ0v) is 16.9. The molecule has 1 aromatic carbocycles. The molecule has 1 N–H and O–H groups in total. The van der Waals surface area contributed by atoms with E-state index >= 15 is 0 Å². The number of ether oxygens (including phenoxy) is 2. The lowest BCUT2D eigenvalue weighted by atomic mass is 10.2. The monoisotopic (exact) mass is 397 g/mol. The van der Waals surface area contributed by atoms with Crippen molar-refractivity contribution in [1.29, 1.82) is 0 Å². The van der Waals surface area contributed by atoms with Gasteiger partial charge in [-0.05, 0) is 43.7 Å². The van der Waals surface area contributed by atoms with Crippen LogP contribution in [0.1, 0.15) is 19.8 Å². The molecule has 2 saturated heterocycles. The maximum atomic E-state index is 13.3. The summed E-state index contributed by atoms with van der Waals surface area (Å²) in [5.41, 5.74) is 0. The molecule has 1 aromatic rings. The van der Waals surface area contributed by atoms with Gasteiger partial charge in [-0.15, -0.1) is 0 Å². The van der Waals surface area contributed by atoms with Crippen LogP contribution in [0.5, 0.6) is 5.75 Å². The SMILES string of the molecule is CCCOc1ccc(S(=O)(=O)N(CCN2CCOCC2)C2CCNC2)cc1. The zero-order valence-electron chi connectivity index (χ0n) is 16.1. The van der Waals surface area contributed by atoms with Crippen LogP contribution in [0.4, 0.5) is 0 Å². The molecule has 3 rings (SSSR count). The second-order valence-electron chi connectivity index (χ2n) is 7.04. The highest BCUT2D eigenvalue weighted by Crippen LogP contribution is 2.23. The van der Waals surface area contributed by atoms with Gasteiger partial charge in [0.25, 0.3) is 0 Å². The van der Waals surface area contributed by atoms with Crippen molar-refractivity contribution in [1.82, 2.24) is 14.5 Å². The number of benzene rings is 1. The summed E-state index contributed by atoms with van der Waals surface area (Å²) in [7, 11) is -3.54. The highest BCUT2D eigenvalue weighted by Gasteiger charge is 2.33. The maximum absolute atomic E-state index is 13.3. The number of sulfonamides is 1. The van der Waals surface area contributed by atoms with Crippen molar-refractivity contribution >= 4 is 10.0 Å². The first-order chi connectivity index (χ1) is 13.1. The smallest absolute Gasteiger partial charge is 0.243 e. The van der Waals surface area contributed by atoms with E-state index in [0.29, 0.717) is 30.3 Å². The standard InChI is InChI=1S/C19H31N3O4S/c1-2-13-26-18-3-5-19(6-4-18)27(23,24)22(17-7-8-20-16-17)10-9-21-11-14-25-15-12-21/h3-6,17,20H,2,7-16H2,1H3. The minimum atomic E-state index is -3.54. The minimum Gasteiger partial charge on any atom is -0.494 e. The van der Waals surface area contributed by atoms with E-state index in [-0.39, 0.29) is 6.04 Å². The molecule has 1 unspecified atom stereocenters. The van der Waals surface area contributed by atoms with E-state index in [2.05, 4.69) is 10.2 Å². The fourth-order valence-electron chi connectivity index (χ4n) is 3.51. The molecule has 0 spiro atoms. The summed E-state index contributed by atoms with van der Waals surface area (Å²) in [6.45, 7) is 8.64. The second kappa shape index (κ2) is 9.84. The van der Waals surface area contributed by atoms with Gasteiger partial charge in [0.15, 0.2) is 0 Å². The summed E-state index contributed by atoms with van der Waals surface area (Å²) < 4.78 is 39.3. The molecule has 2 fully saturated rings. The Kier molecular flexibility index (Phi) is 7.49. The van der Waals surface area contributed by atoms with E-state index in [1.54, 1.807) is 28.6 Å². The molecule has 0 radical (unpaired) electrons. The van der Waals surface area contributed by atoms with Crippen LogP contribution in [0.15, 0.2) is 29.2 Å². The molecule has 2 aliphatic heterocycles. The van der Waals surface area contributed by atoms with Crippen LogP contribution < -0.4 is 10.1 Å². The number of hydrogen-bond acceptors (Lipinski definition) is 6. The Morgan fingerprint density at radius 3 is 2.63 bits per heavy atom. The van der Waals surface area contributed by atoms with E-state index in [4.69, 9.17) is 9.47 Å². The Bertz CT molecular complexity index is 669. The van der Waals surface area contributed by atoms with Crippen LogP contribution in [0.3, 0.4) is 0 Å². The van der Waals surface area contributed by atoms with Crippen LogP contribution in [0, 0.1) is 0 Å². The van der Waals surface area contributed by atoms with Gasteiger partial charge in [0, 0.05) is 38.8 Å². The molecule has 27 heavy (non-hydrogen) atoms. The number of nitrogens with one attached hydrogen (secondary N) is 1. The molecule has 0 aliphatic carbocycles. The second-order valence-corrected chi connectivity index (χ2v) is 8.93. The molecule has 7 nitrogen and oxygen atoms in total. The summed E-state index contributed by atoms with van der Waals surface area (Å²) >= 11 is 0. The Morgan fingerprint density at radius 1 is 1.26 bits per heavy atom. The average Bonchev–Trinajstić information content (AvgIpc) is 3.22. The third-order valence-electron chi connectivity index (χ3n) is 5.09. The largest absolute Gasteiger partial charge is 0.494 e. The van der Waals surface area contributed by atoms with E-state index in [1.807, 2.05) is 6.92 Å². The molecule has 8 heteroatoms. The van der Waals surface area contributed by atoms with Gasteiger partial charge < -0.3 is 14.8 Å². The Labute approximate surface area is 162 Å². The van der Waals surface area contributed by atoms with Crippen LogP contribution in [-0.4, -0.2) is 82.8 Å². The van der Waals surface area contributed by atoms with Crippen molar-refractivity contribution in [2.24, 2.45) is 0 Å². The molecule has 1 atom stereocenters. The number of hydrogen-bond donors (Lipinski definition) is 1. The van der Waals surface area contributed by atoms with Gasteiger partial charge in [0.1, 0.15) is 5.75 Å². The normalized spacial score (nSPS) is 21.6. The molecule has 0 amide bonds. The van der Waals surface area contributed by atoms with Gasteiger partial charge in [-0.2, -0.15) is 4.31 Å². The van der Waals surface area contributed by atoms with Gasteiger partial charge in [-0.1, -0.05) is 6.92 Å². The number of rotatable bonds is 9. The molecular formula is C19H31N3O4S. The van der Waals surface area contributed by atoms with E-state index in [0.717, 1.165) is 52.2 Å². The van der Waals surface area contributed by atoms with Crippen LogP contribution in [0.2, 0.25) is 0 Å². The predicted octanol–water partition coefficient (Wildman–Crippen LogP) is 1.16. The Hall–Kier alpha value is -1.19. The summed E-state index contributed by atoms with van der Waals surface area (Å²) in [5, 5.41) is 3.29. The molecule has 2 aliphatic rings. The van der Waals surface area contributed by atoms with Crippen molar-refractivity contribution in [2.75, 3.05) is 59.1 Å². The first-order valence-electron chi connectivity index (χ1n) is 9.87. The quantitative estimate of drug-likeness (QED) is 0.674. The van der Waals surface area contributed by atoms with Crippen molar-refractivity contribution in [3.63, 3.8) is 0 Å². The third kappa shape index (κ3) is 5.42. The van der Waals surface area contributed by atoms with Crippen LogP contribution >= 0.6 is 0 Å². The van der Waals surface area contributed by atoms with Gasteiger partial charge >= 0.3 is 0 Å². The fraction of sp³-hybridized carbons (Fsp3) is 0.684. The number of nitrogens with zero attached hydrogens (tertiary/aromatic N) is 2. The van der Waals surface area contributed by atoms with Gasteiger partial charge in [-0.25, -0.2) is 8.42 Å². The van der Waals surface area contributed by atoms with Crippen molar-refractivity contribution in [2.45, 2.75) is 30.7 Å². The number of morpholine rings is 1. The van der Waals surface area contributed by atoms with E-state index in [1.165, 1.54) is 0 Å². The molecule has 0 aromatic heterocycles. The molecule has 0 bridgehead atoms. The van der Waals surface area contributed by atoms with Crippen molar-refractivity contribution in [3.8, 4) is 5.75 Å². The first kappa shape index (κ1) is 20.5. The lowest BCUT2D eigenvalue weighted by Gasteiger charge is -2.32. The highest BCUT2D eigenvalue weighted by molar-refractivity contribution is 7.89. The average molecular weight is 398 g/mol. The molecule has 152 valence electrons. The minimum absolute atomic E-state index is 0.00654. The summed E-state index contributed by atoms with van der Waals surface area (Å²) in [5.74, 6) is 0.707. The maximum Gasteiger partial charge on any atom is 0.243 e. The van der Waals surface area contributed by atoms with Gasteiger partial charge in [-0.3, -0.25) is 4.90 Å². The van der Waals surface area contributed by atoms with Crippen molar-refractivity contribution in [3.05, 3.63) is 24.3 Å². The molecular weight excluding hydrogens is 366 g/mol. The summed E-state index contributed by atoms with van der Waals surface area (Å²) in [4.78, 5) is 2.61. The summed E-state index contributed by atoms with van der Waals surface area (Å²) in [6.07, 6.45) is 1.77. The van der Waals surface area contributed by atoms with Crippen LogP contribution in [0.25, 0.3) is 0 Å². The summed E-state index contributed by atoms with van der Waals surface area (Å²) in [6, 6.07) is 6.81. The van der Waals surface area contributed by atoms with Gasteiger partial charge in [0.2, 0.25) is 10.0 Å². The van der Waals surface area contributed by atoms with Gasteiger partial charge in [0.05, 0.1) is 24.7 Å². The molecule has 2 heterocycles. The first-order valence-corrected chi connectivity index (χ1v) is 11.3. The zero-order chi connectivity index (χ0) is 19.1. The van der Waals surface area contributed by atoms with Crippen LogP contribution in [-0.2, 0) is 14.8 Å². The Balaban J connectivity index is 1.72. The topological polar surface area (TPSA) is 71.1 Å². The van der Waals surface area contributed by atoms with E-state index in [9.17, 15) is 8.42 Å². The lowest BCUT2D eigenvalue weighted by Crippen LogP contribution is -2.47. The molecule has 0 saturated carbocycles. The third-order valence-corrected chi connectivity index (χ3v) is 7.05. The van der Waals surface area contributed by atoms with Crippen molar-refractivity contribution < 1.29 is 17.9 Å². The fourth-order valence-corrected chi connectivity index (χ4v) is 5.16. The van der Waals surface area contributed by atoms with E-state index < -0.39 is 10.0 Å². The highest BCUT2D eigenvalue weighted by atomic mass is 32.2.